The first kappa shape index (κ1) is 11.3. The van der Waals surface area contributed by atoms with Crippen molar-refractivity contribution in [3.8, 4) is 0 Å². The fraction of sp³-hybridized carbons (Fsp3) is 0.333. The molecule has 0 aliphatic carbocycles. The molecule has 0 bridgehead atoms. The van der Waals surface area contributed by atoms with E-state index in [1.165, 1.54) is 0 Å². The van der Waals surface area contributed by atoms with E-state index in [4.69, 9.17) is 17.3 Å². The van der Waals surface area contributed by atoms with E-state index in [-0.39, 0.29) is 6.04 Å². The van der Waals surface area contributed by atoms with Crippen molar-refractivity contribution in [1.29, 1.82) is 0 Å². The van der Waals surface area contributed by atoms with Gasteiger partial charge in [-0.3, -0.25) is 0 Å². The van der Waals surface area contributed by atoms with Gasteiger partial charge in [-0.2, -0.15) is 0 Å². The van der Waals surface area contributed by atoms with E-state index in [2.05, 4.69) is 6.58 Å². The van der Waals surface area contributed by atoms with Crippen LogP contribution in [0.15, 0.2) is 30.4 Å². The van der Waals surface area contributed by atoms with E-state index in [9.17, 15) is 0 Å². The van der Waals surface area contributed by atoms with Gasteiger partial charge in [-0.15, -0.1) is 6.58 Å². The zero-order valence-corrected chi connectivity index (χ0v) is 9.43. The van der Waals surface area contributed by atoms with Gasteiger partial charge in [-0.1, -0.05) is 29.3 Å². The molecule has 0 saturated heterocycles. The Morgan fingerprint density at radius 1 is 1.57 bits per heavy atom. The van der Waals surface area contributed by atoms with Crippen molar-refractivity contribution in [1.82, 2.24) is 0 Å². The molecule has 0 amide bonds. The van der Waals surface area contributed by atoms with Gasteiger partial charge >= 0.3 is 0 Å². The van der Waals surface area contributed by atoms with Crippen molar-refractivity contribution in [3.63, 3.8) is 0 Å². The Bertz CT molecular complexity index is 324. The summed E-state index contributed by atoms with van der Waals surface area (Å²) in [4.78, 5) is 0. The first-order chi connectivity index (χ1) is 6.52. The Balaban J connectivity index is 2.99. The molecule has 0 saturated carbocycles. The van der Waals surface area contributed by atoms with E-state index in [0.717, 1.165) is 28.1 Å². The van der Waals surface area contributed by atoms with Crippen molar-refractivity contribution in [2.24, 2.45) is 5.73 Å². The molecular weight excluding hydrogens is 194 g/mol. The predicted molar refractivity (Wildman–Crippen MR) is 62.5 cm³/mol. The average Bonchev–Trinajstić information content (AvgIpc) is 2.01. The van der Waals surface area contributed by atoms with Gasteiger partial charge in [0.1, 0.15) is 0 Å². The van der Waals surface area contributed by atoms with E-state index >= 15 is 0 Å². The first-order valence-electron chi connectivity index (χ1n) is 4.67. The minimum atomic E-state index is -0.0406. The molecule has 14 heavy (non-hydrogen) atoms. The third-order valence-corrected chi connectivity index (χ3v) is 2.54. The highest BCUT2D eigenvalue weighted by Gasteiger charge is 2.12. The Hall–Kier alpha value is -0.790. The number of benzene rings is 1. The van der Waals surface area contributed by atoms with Crippen LogP contribution in [0.1, 0.15) is 30.5 Å². The van der Waals surface area contributed by atoms with Crippen LogP contribution in [0.5, 0.6) is 0 Å². The standard InChI is InChI=1S/C12H16ClN/c1-8(2)7-11(14)12-9(3)5-4-6-10(12)13/h4-6,11H,1,7,14H2,2-3H3/t11-/m0/s1. The van der Waals surface area contributed by atoms with Gasteiger partial charge in [-0.05, 0) is 37.5 Å². The van der Waals surface area contributed by atoms with E-state index in [1.807, 2.05) is 32.0 Å². The lowest BCUT2D eigenvalue weighted by Gasteiger charge is -2.16. The summed E-state index contributed by atoms with van der Waals surface area (Å²) in [5.74, 6) is 0. The Labute approximate surface area is 90.6 Å². The second kappa shape index (κ2) is 4.63. The van der Waals surface area contributed by atoms with E-state index in [0.29, 0.717) is 0 Å². The number of halogens is 1. The first-order valence-corrected chi connectivity index (χ1v) is 5.05. The zero-order chi connectivity index (χ0) is 10.7. The summed E-state index contributed by atoms with van der Waals surface area (Å²) in [6.45, 7) is 7.86. The lowest BCUT2D eigenvalue weighted by atomic mass is 9.97. The summed E-state index contributed by atoms with van der Waals surface area (Å²) in [6, 6.07) is 5.80. The molecule has 2 N–H and O–H groups in total. The average molecular weight is 210 g/mol. The fourth-order valence-electron chi connectivity index (χ4n) is 1.59. The van der Waals surface area contributed by atoms with Gasteiger partial charge in [-0.25, -0.2) is 0 Å². The molecule has 0 aliphatic rings. The van der Waals surface area contributed by atoms with Gasteiger partial charge < -0.3 is 5.73 Å². The molecule has 0 aliphatic heterocycles. The quantitative estimate of drug-likeness (QED) is 0.757. The van der Waals surface area contributed by atoms with Gasteiger partial charge in [0.05, 0.1) is 0 Å². The third kappa shape index (κ3) is 2.60. The Morgan fingerprint density at radius 3 is 2.71 bits per heavy atom. The number of nitrogens with two attached hydrogens (primary N) is 1. The normalized spacial score (nSPS) is 12.6. The summed E-state index contributed by atoms with van der Waals surface area (Å²) in [5.41, 5.74) is 9.32. The van der Waals surface area contributed by atoms with Crippen LogP contribution >= 0.6 is 11.6 Å². The minimum Gasteiger partial charge on any atom is -0.324 e. The number of hydrogen-bond donors (Lipinski definition) is 1. The summed E-state index contributed by atoms with van der Waals surface area (Å²) < 4.78 is 0. The molecule has 76 valence electrons. The summed E-state index contributed by atoms with van der Waals surface area (Å²) >= 11 is 6.10. The van der Waals surface area contributed by atoms with Crippen LogP contribution in [0.4, 0.5) is 0 Å². The Kier molecular flexibility index (Phi) is 3.73. The molecule has 1 aromatic rings. The molecule has 2 heteroatoms. The molecule has 0 fully saturated rings. The summed E-state index contributed by atoms with van der Waals surface area (Å²) in [7, 11) is 0. The highest BCUT2D eigenvalue weighted by atomic mass is 35.5. The molecule has 1 atom stereocenters. The monoisotopic (exact) mass is 209 g/mol. The molecular formula is C12H16ClN. The van der Waals surface area contributed by atoms with Crippen molar-refractivity contribution in [3.05, 3.63) is 46.5 Å². The fourth-order valence-corrected chi connectivity index (χ4v) is 1.95. The van der Waals surface area contributed by atoms with Crippen LogP contribution in [0.2, 0.25) is 5.02 Å². The Morgan fingerprint density at radius 2 is 2.21 bits per heavy atom. The van der Waals surface area contributed by atoms with Crippen molar-refractivity contribution in [2.75, 3.05) is 0 Å². The number of hydrogen-bond acceptors (Lipinski definition) is 1. The van der Waals surface area contributed by atoms with Crippen molar-refractivity contribution in [2.45, 2.75) is 26.3 Å². The minimum absolute atomic E-state index is 0.0406. The molecule has 0 heterocycles. The lowest BCUT2D eigenvalue weighted by molar-refractivity contribution is 0.712. The van der Waals surface area contributed by atoms with Gasteiger partial charge in [0, 0.05) is 11.1 Å². The van der Waals surface area contributed by atoms with Gasteiger partial charge in [0.25, 0.3) is 0 Å². The number of rotatable bonds is 3. The maximum Gasteiger partial charge on any atom is 0.0456 e. The van der Waals surface area contributed by atoms with Crippen LogP contribution in [0.3, 0.4) is 0 Å². The smallest absolute Gasteiger partial charge is 0.0456 e. The molecule has 0 spiro atoms. The predicted octanol–water partition coefficient (Wildman–Crippen LogP) is 3.61. The maximum absolute atomic E-state index is 6.10. The second-order valence-electron chi connectivity index (χ2n) is 3.74. The molecule has 0 radical (unpaired) electrons. The molecule has 0 unspecified atom stereocenters. The topological polar surface area (TPSA) is 26.0 Å². The van der Waals surface area contributed by atoms with Crippen molar-refractivity contribution < 1.29 is 0 Å². The van der Waals surface area contributed by atoms with Crippen LogP contribution in [-0.4, -0.2) is 0 Å². The highest BCUT2D eigenvalue weighted by molar-refractivity contribution is 6.31. The van der Waals surface area contributed by atoms with Crippen LogP contribution < -0.4 is 5.73 Å². The summed E-state index contributed by atoms with van der Waals surface area (Å²) in [6.07, 6.45) is 0.782. The largest absolute Gasteiger partial charge is 0.324 e. The second-order valence-corrected chi connectivity index (χ2v) is 4.15. The van der Waals surface area contributed by atoms with Crippen LogP contribution in [0.25, 0.3) is 0 Å². The molecule has 1 aromatic carbocycles. The highest BCUT2D eigenvalue weighted by Crippen LogP contribution is 2.28. The van der Waals surface area contributed by atoms with Crippen LogP contribution in [-0.2, 0) is 0 Å². The molecule has 0 aromatic heterocycles. The van der Waals surface area contributed by atoms with E-state index in [1.54, 1.807) is 0 Å². The number of aryl methyl sites for hydroxylation is 1. The van der Waals surface area contributed by atoms with Gasteiger partial charge in [0.15, 0.2) is 0 Å². The SMILES string of the molecule is C=C(C)C[C@H](N)c1c(C)cccc1Cl. The van der Waals surface area contributed by atoms with Gasteiger partial charge in [0.2, 0.25) is 0 Å². The molecule has 1 rings (SSSR count). The third-order valence-electron chi connectivity index (χ3n) is 2.21. The lowest BCUT2D eigenvalue weighted by Crippen LogP contribution is -2.12. The maximum atomic E-state index is 6.10. The van der Waals surface area contributed by atoms with Crippen molar-refractivity contribution >= 4 is 11.6 Å². The van der Waals surface area contributed by atoms with Crippen LogP contribution in [0, 0.1) is 6.92 Å². The van der Waals surface area contributed by atoms with E-state index < -0.39 is 0 Å². The zero-order valence-electron chi connectivity index (χ0n) is 8.68. The molecule has 1 nitrogen and oxygen atoms in total. The summed E-state index contributed by atoms with van der Waals surface area (Å²) in [5, 5.41) is 0.749.